The number of carbonyl (C=O) groups is 2. The van der Waals surface area contributed by atoms with Crippen LogP contribution >= 0.6 is 0 Å². The first-order chi connectivity index (χ1) is 17.7. The van der Waals surface area contributed by atoms with Crippen molar-refractivity contribution in [2.75, 3.05) is 47.1 Å². The number of benzene rings is 2. The van der Waals surface area contributed by atoms with Crippen molar-refractivity contribution < 1.29 is 32.2 Å². The van der Waals surface area contributed by atoms with Crippen LogP contribution in [-0.4, -0.2) is 73.7 Å². The van der Waals surface area contributed by atoms with Crippen molar-refractivity contribution in [1.29, 1.82) is 0 Å². The zero-order valence-electron chi connectivity index (χ0n) is 21.0. The molecule has 0 aliphatic heterocycles. The highest BCUT2D eigenvalue weighted by molar-refractivity contribution is 5.86. The maximum atomic E-state index is 13.4. The number of fused-ring (bicyclic) bond motifs is 1. The first-order valence-electron chi connectivity index (χ1n) is 12.0. The lowest BCUT2D eigenvalue weighted by Gasteiger charge is -2.28. The van der Waals surface area contributed by atoms with Crippen LogP contribution in [0.5, 0.6) is 0 Å². The van der Waals surface area contributed by atoms with Crippen LogP contribution in [0.25, 0.3) is 10.9 Å². The van der Waals surface area contributed by atoms with Crippen molar-refractivity contribution in [2.24, 2.45) is 0 Å². The SMILES string of the molecule is COCCCN(CC(=O)N(CCc1c[nH]c2ccccc12)Cc1ccc(C(F)(F)F)cc1)C(=O)COC. The summed E-state index contributed by atoms with van der Waals surface area (Å²) in [4.78, 5) is 32.2. The summed E-state index contributed by atoms with van der Waals surface area (Å²) in [6, 6.07) is 12.6. The number of H-pyrrole nitrogens is 1. The Labute approximate surface area is 214 Å². The molecule has 0 saturated carbocycles. The minimum absolute atomic E-state index is 0.115. The molecule has 0 fully saturated rings. The van der Waals surface area contributed by atoms with E-state index in [2.05, 4.69) is 4.98 Å². The smallest absolute Gasteiger partial charge is 0.385 e. The number of carbonyl (C=O) groups excluding carboxylic acids is 2. The third-order valence-corrected chi connectivity index (χ3v) is 6.06. The molecule has 0 bridgehead atoms. The highest BCUT2D eigenvalue weighted by Crippen LogP contribution is 2.29. The van der Waals surface area contributed by atoms with Gasteiger partial charge in [0.25, 0.3) is 0 Å². The number of nitrogens with one attached hydrogen (secondary N) is 1. The number of halogens is 3. The number of ether oxygens (including phenoxy) is 2. The van der Waals surface area contributed by atoms with Gasteiger partial charge in [0, 0.05) is 57.6 Å². The fourth-order valence-electron chi connectivity index (χ4n) is 4.08. The third kappa shape index (κ3) is 8.06. The fraction of sp³-hybridized carbons (Fsp3) is 0.407. The van der Waals surface area contributed by atoms with Crippen molar-refractivity contribution in [3.63, 3.8) is 0 Å². The van der Waals surface area contributed by atoms with E-state index in [9.17, 15) is 22.8 Å². The number of methoxy groups -OCH3 is 2. The summed E-state index contributed by atoms with van der Waals surface area (Å²) in [7, 11) is 2.97. The van der Waals surface area contributed by atoms with Gasteiger partial charge in [0.1, 0.15) is 6.61 Å². The van der Waals surface area contributed by atoms with Crippen LogP contribution in [0.15, 0.2) is 54.7 Å². The molecule has 0 spiro atoms. The molecular weight excluding hydrogens is 487 g/mol. The Balaban J connectivity index is 1.79. The summed E-state index contributed by atoms with van der Waals surface area (Å²) in [5.74, 6) is -0.625. The van der Waals surface area contributed by atoms with Crippen molar-refractivity contribution in [3.8, 4) is 0 Å². The summed E-state index contributed by atoms with van der Waals surface area (Å²) < 4.78 is 49.0. The molecule has 7 nitrogen and oxygen atoms in total. The molecule has 0 atom stereocenters. The van der Waals surface area contributed by atoms with Crippen LogP contribution in [-0.2, 0) is 38.2 Å². The molecule has 0 saturated heterocycles. The number of alkyl halides is 3. The minimum Gasteiger partial charge on any atom is -0.385 e. The van der Waals surface area contributed by atoms with Crippen LogP contribution < -0.4 is 0 Å². The van der Waals surface area contributed by atoms with Gasteiger partial charge in [0.05, 0.1) is 12.1 Å². The molecule has 2 aromatic carbocycles. The average Bonchev–Trinajstić information content (AvgIpc) is 3.29. The average molecular weight is 520 g/mol. The van der Waals surface area contributed by atoms with E-state index in [1.807, 2.05) is 30.5 Å². The Morgan fingerprint density at radius 2 is 1.65 bits per heavy atom. The Hall–Kier alpha value is -3.37. The predicted octanol–water partition coefficient (Wildman–Crippen LogP) is 4.27. The van der Waals surface area contributed by atoms with E-state index in [1.54, 1.807) is 12.0 Å². The Morgan fingerprint density at radius 3 is 2.32 bits per heavy atom. The van der Waals surface area contributed by atoms with Gasteiger partial charge in [-0.3, -0.25) is 9.59 Å². The second kappa shape index (κ2) is 13.3. The maximum Gasteiger partial charge on any atom is 0.416 e. The van der Waals surface area contributed by atoms with Gasteiger partial charge in [-0.1, -0.05) is 30.3 Å². The largest absolute Gasteiger partial charge is 0.416 e. The van der Waals surface area contributed by atoms with E-state index in [1.165, 1.54) is 24.1 Å². The number of hydrogen-bond donors (Lipinski definition) is 1. The molecule has 2 amide bonds. The number of nitrogens with zero attached hydrogens (tertiary/aromatic N) is 2. The first-order valence-corrected chi connectivity index (χ1v) is 12.0. The number of rotatable bonds is 13. The Bertz CT molecular complexity index is 1160. The molecule has 0 unspecified atom stereocenters. The lowest BCUT2D eigenvalue weighted by Crippen LogP contribution is -2.45. The minimum atomic E-state index is -4.44. The number of hydrogen-bond acceptors (Lipinski definition) is 4. The van der Waals surface area contributed by atoms with E-state index in [-0.39, 0.29) is 31.5 Å². The molecule has 1 aromatic heterocycles. The van der Waals surface area contributed by atoms with Gasteiger partial charge >= 0.3 is 6.18 Å². The van der Waals surface area contributed by atoms with Crippen molar-refractivity contribution >= 4 is 22.7 Å². The molecule has 10 heteroatoms. The summed E-state index contributed by atoms with van der Waals surface area (Å²) >= 11 is 0. The quantitative estimate of drug-likeness (QED) is 0.343. The summed E-state index contributed by atoms with van der Waals surface area (Å²) in [5, 5.41) is 1.04. The predicted molar refractivity (Wildman–Crippen MR) is 134 cm³/mol. The van der Waals surface area contributed by atoms with E-state index < -0.39 is 11.7 Å². The molecule has 1 N–H and O–H groups in total. The first kappa shape index (κ1) is 28.2. The van der Waals surface area contributed by atoms with Crippen LogP contribution in [0.3, 0.4) is 0 Å². The number of aromatic nitrogens is 1. The molecule has 37 heavy (non-hydrogen) atoms. The van der Waals surface area contributed by atoms with Crippen molar-refractivity contribution in [2.45, 2.75) is 25.6 Å². The number of amides is 2. The molecule has 0 aliphatic carbocycles. The zero-order valence-corrected chi connectivity index (χ0v) is 21.0. The molecule has 3 aromatic rings. The van der Waals surface area contributed by atoms with Gasteiger partial charge < -0.3 is 24.3 Å². The van der Waals surface area contributed by atoms with Gasteiger partial charge in [-0.15, -0.1) is 0 Å². The lowest BCUT2D eigenvalue weighted by molar-refractivity contribution is -0.143. The van der Waals surface area contributed by atoms with Crippen LogP contribution in [0.4, 0.5) is 13.2 Å². The molecular formula is C27H32F3N3O4. The van der Waals surface area contributed by atoms with Crippen molar-refractivity contribution in [1.82, 2.24) is 14.8 Å². The van der Waals surface area contributed by atoms with Crippen LogP contribution in [0, 0.1) is 0 Å². The van der Waals surface area contributed by atoms with E-state index >= 15 is 0 Å². The molecule has 200 valence electrons. The van der Waals surface area contributed by atoms with Gasteiger partial charge in [0.2, 0.25) is 11.8 Å². The Morgan fingerprint density at radius 1 is 0.919 bits per heavy atom. The van der Waals surface area contributed by atoms with E-state index in [4.69, 9.17) is 9.47 Å². The summed E-state index contributed by atoms with van der Waals surface area (Å²) in [6.07, 6.45) is -1.46. The molecule has 0 radical (unpaired) electrons. The van der Waals surface area contributed by atoms with Crippen LogP contribution in [0.2, 0.25) is 0 Å². The van der Waals surface area contributed by atoms with E-state index in [0.717, 1.165) is 28.6 Å². The van der Waals surface area contributed by atoms with Crippen molar-refractivity contribution in [3.05, 3.63) is 71.4 Å². The van der Waals surface area contributed by atoms with Gasteiger partial charge in [-0.25, -0.2) is 0 Å². The topological polar surface area (TPSA) is 74.9 Å². The monoisotopic (exact) mass is 519 g/mol. The van der Waals surface area contributed by atoms with Gasteiger partial charge in [0.15, 0.2) is 0 Å². The second-order valence-electron chi connectivity index (χ2n) is 8.71. The Kier molecular flexibility index (Phi) is 10.1. The van der Waals surface area contributed by atoms with E-state index in [0.29, 0.717) is 38.1 Å². The summed E-state index contributed by atoms with van der Waals surface area (Å²) in [6.45, 7) is 0.865. The third-order valence-electron chi connectivity index (χ3n) is 6.06. The standard InChI is InChI=1S/C27H32F3N3O4/c1-36-15-5-13-32(26(35)19-37-2)18-25(34)33(17-20-8-10-22(11-9-20)27(28,29)30)14-12-21-16-31-24-7-4-3-6-23(21)24/h3-4,6-11,16,31H,5,12-15,17-19H2,1-2H3. The van der Waals surface area contributed by atoms with Gasteiger partial charge in [-0.2, -0.15) is 13.2 Å². The normalized spacial score (nSPS) is 11.6. The highest BCUT2D eigenvalue weighted by Gasteiger charge is 2.30. The summed E-state index contributed by atoms with van der Waals surface area (Å²) in [5.41, 5.74) is 1.82. The zero-order chi connectivity index (χ0) is 26.8. The molecule has 0 aliphatic rings. The molecule has 1 heterocycles. The van der Waals surface area contributed by atoms with Gasteiger partial charge in [-0.05, 0) is 42.2 Å². The second-order valence-corrected chi connectivity index (χ2v) is 8.71. The fourth-order valence-corrected chi connectivity index (χ4v) is 4.08. The highest BCUT2D eigenvalue weighted by atomic mass is 19.4. The number of para-hydroxylation sites is 1. The van der Waals surface area contributed by atoms with Crippen LogP contribution in [0.1, 0.15) is 23.1 Å². The number of aromatic amines is 1. The lowest BCUT2D eigenvalue weighted by atomic mass is 10.1. The maximum absolute atomic E-state index is 13.4. The molecule has 3 rings (SSSR count).